The molecule has 1 aliphatic rings. The normalized spacial score (nSPS) is 16.4. The van der Waals surface area contributed by atoms with Crippen LogP contribution < -0.4 is 15.4 Å². The summed E-state index contributed by atoms with van der Waals surface area (Å²) in [7, 11) is 3.49. The fourth-order valence-corrected chi connectivity index (χ4v) is 3.02. The second kappa shape index (κ2) is 9.52. The lowest BCUT2D eigenvalue weighted by atomic mass is 9.67. The highest BCUT2D eigenvalue weighted by atomic mass is 16.5. The molecular formula is C19H31N3O2. The molecule has 0 spiro atoms. The molecule has 0 aliphatic heterocycles. The van der Waals surface area contributed by atoms with Crippen LogP contribution in [0.5, 0.6) is 5.75 Å². The van der Waals surface area contributed by atoms with Crippen molar-refractivity contribution in [2.75, 3.05) is 33.9 Å². The van der Waals surface area contributed by atoms with Crippen LogP contribution in [0, 0.1) is 5.41 Å². The van der Waals surface area contributed by atoms with Crippen LogP contribution in [0.4, 0.5) is 0 Å². The summed E-state index contributed by atoms with van der Waals surface area (Å²) in [6.45, 7) is 5.25. The van der Waals surface area contributed by atoms with Gasteiger partial charge in [-0.2, -0.15) is 0 Å². The van der Waals surface area contributed by atoms with Crippen molar-refractivity contribution in [1.82, 2.24) is 10.6 Å². The molecule has 0 unspecified atom stereocenters. The highest BCUT2D eigenvalue weighted by molar-refractivity contribution is 5.79. The Labute approximate surface area is 145 Å². The van der Waals surface area contributed by atoms with Gasteiger partial charge in [0.1, 0.15) is 5.75 Å². The quantitative estimate of drug-likeness (QED) is 0.414. The molecule has 0 bridgehead atoms. The first-order chi connectivity index (χ1) is 11.7. The van der Waals surface area contributed by atoms with E-state index in [9.17, 15) is 0 Å². The van der Waals surface area contributed by atoms with E-state index in [1.54, 1.807) is 7.11 Å². The van der Waals surface area contributed by atoms with Gasteiger partial charge >= 0.3 is 0 Å². The Kier molecular flexibility index (Phi) is 7.37. The van der Waals surface area contributed by atoms with Crippen molar-refractivity contribution in [2.24, 2.45) is 10.4 Å². The molecule has 0 aromatic heterocycles. The van der Waals surface area contributed by atoms with Gasteiger partial charge in [0.15, 0.2) is 5.96 Å². The van der Waals surface area contributed by atoms with Crippen molar-refractivity contribution in [2.45, 2.75) is 39.2 Å². The highest BCUT2D eigenvalue weighted by Crippen LogP contribution is 2.42. The van der Waals surface area contributed by atoms with Crippen molar-refractivity contribution in [3.05, 3.63) is 29.8 Å². The molecule has 0 amide bonds. The molecule has 0 radical (unpaired) electrons. The maximum absolute atomic E-state index is 5.71. The first-order valence-electron chi connectivity index (χ1n) is 8.86. The minimum absolute atomic E-state index is 0.487. The second-order valence-electron chi connectivity index (χ2n) is 6.46. The Balaban J connectivity index is 1.61. The number of guanidine groups is 1. The van der Waals surface area contributed by atoms with E-state index in [1.807, 2.05) is 31.3 Å². The number of ether oxygens (including phenoxy) is 2. The average Bonchev–Trinajstić information content (AvgIpc) is 2.59. The number of nitrogens with one attached hydrogen (secondary N) is 2. The third-order valence-electron chi connectivity index (χ3n) is 4.96. The lowest BCUT2D eigenvalue weighted by Crippen LogP contribution is -2.46. The van der Waals surface area contributed by atoms with Gasteiger partial charge < -0.3 is 20.1 Å². The number of nitrogens with zero attached hydrogens (tertiary/aromatic N) is 1. The number of benzene rings is 1. The summed E-state index contributed by atoms with van der Waals surface area (Å²) in [5.41, 5.74) is 1.60. The van der Waals surface area contributed by atoms with Gasteiger partial charge in [0, 0.05) is 20.1 Å². The minimum Gasteiger partial charge on any atom is -0.497 e. The average molecular weight is 333 g/mol. The first-order valence-corrected chi connectivity index (χ1v) is 8.86. The van der Waals surface area contributed by atoms with Gasteiger partial charge in [-0.15, -0.1) is 0 Å². The summed E-state index contributed by atoms with van der Waals surface area (Å²) in [6.07, 6.45) is 5.26. The van der Waals surface area contributed by atoms with E-state index >= 15 is 0 Å². The number of hydrogen-bond donors (Lipinski definition) is 2. The largest absolute Gasteiger partial charge is 0.497 e. The van der Waals surface area contributed by atoms with Crippen LogP contribution in [-0.4, -0.2) is 39.8 Å². The highest BCUT2D eigenvalue weighted by Gasteiger charge is 2.34. The van der Waals surface area contributed by atoms with Gasteiger partial charge in [-0.1, -0.05) is 25.5 Å². The number of rotatable bonds is 9. The summed E-state index contributed by atoms with van der Waals surface area (Å²) >= 11 is 0. The maximum Gasteiger partial charge on any atom is 0.191 e. The Morgan fingerprint density at radius 2 is 2.12 bits per heavy atom. The van der Waals surface area contributed by atoms with Crippen molar-refractivity contribution in [3.63, 3.8) is 0 Å². The zero-order valence-corrected chi connectivity index (χ0v) is 15.2. The van der Waals surface area contributed by atoms with Crippen molar-refractivity contribution >= 4 is 5.96 Å². The topological polar surface area (TPSA) is 54.9 Å². The van der Waals surface area contributed by atoms with Crippen LogP contribution in [0.15, 0.2) is 29.3 Å². The maximum atomic E-state index is 5.71. The Hall–Kier alpha value is -1.75. The SMILES string of the molecule is CCC1(CNC(=NC)NCCOCc2cccc(OC)c2)CCC1. The van der Waals surface area contributed by atoms with Gasteiger partial charge in [0.05, 0.1) is 20.3 Å². The number of methoxy groups -OCH3 is 1. The molecule has 1 aromatic carbocycles. The Morgan fingerprint density at radius 3 is 2.75 bits per heavy atom. The van der Waals surface area contributed by atoms with Gasteiger partial charge in [-0.3, -0.25) is 4.99 Å². The smallest absolute Gasteiger partial charge is 0.191 e. The van der Waals surface area contributed by atoms with Crippen molar-refractivity contribution in [3.8, 4) is 5.75 Å². The van der Waals surface area contributed by atoms with E-state index in [-0.39, 0.29) is 0 Å². The molecule has 24 heavy (non-hydrogen) atoms. The molecule has 0 saturated heterocycles. The summed E-state index contributed by atoms with van der Waals surface area (Å²) < 4.78 is 10.9. The van der Waals surface area contributed by atoms with Crippen LogP contribution in [-0.2, 0) is 11.3 Å². The van der Waals surface area contributed by atoms with Gasteiger partial charge in [0.2, 0.25) is 0 Å². The van der Waals surface area contributed by atoms with E-state index in [2.05, 4.69) is 22.5 Å². The lowest BCUT2D eigenvalue weighted by Gasteiger charge is -2.41. The number of hydrogen-bond acceptors (Lipinski definition) is 3. The van der Waals surface area contributed by atoms with E-state index in [1.165, 1.54) is 25.7 Å². The fraction of sp³-hybridized carbons (Fsp3) is 0.632. The van der Waals surface area contributed by atoms with E-state index < -0.39 is 0 Å². The van der Waals surface area contributed by atoms with Gasteiger partial charge in [-0.25, -0.2) is 0 Å². The minimum atomic E-state index is 0.487. The zero-order valence-electron chi connectivity index (χ0n) is 15.2. The molecule has 0 heterocycles. The van der Waals surface area contributed by atoms with Gasteiger partial charge in [-0.05, 0) is 42.4 Å². The summed E-state index contributed by atoms with van der Waals surface area (Å²) in [6, 6.07) is 7.95. The molecule has 2 rings (SSSR count). The summed E-state index contributed by atoms with van der Waals surface area (Å²) in [4.78, 5) is 4.28. The zero-order chi connectivity index (χ0) is 17.3. The van der Waals surface area contributed by atoms with Crippen LogP contribution >= 0.6 is 0 Å². The van der Waals surface area contributed by atoms with Crippen LogP contribution in [0.2, 0.25) is 0 Å². The van der Waals surface area contributed by atoms with Gasteiger partial charge in [0.25, 0.3) is 0 Å². The molecule has 1 fully saturated rings. The molecule has 134 valence electrons. The number of aliphatic imine (C=N–C) groups is 1. The Bertz CT molecular complexity index is 522. The molecule has 1 aromatic rings. The van der Waals surface area contributed by atoms with Crippen molar-refractivity contribution < 1.29 is 9.47 Å². The lowest BCUT2D eigenvalue weighted by molar-refractivity contribution is 0.124. The standard InChI is InChI=1S/C19H31N3O2/c1-4-19(9-6-10-19)15-22-18(20-2)21-11-12-24-14-16-7-5-8-17(13-16)23-3/h5,7-8,13H,4,6,9-12,14-15H2,1-3H3,(H2,20,21,22). The summed E-state index contributed by atoms with van der Waals surface area (Å²) in [5.74, 6) is 1.72. The fourth-order valence-electron chi connectivity index (χ4n) is 3.02. The molecule has 2 N–H and O–H groups in total. The third kappa shape index (κ3) is 5.41. The molecule has 1 aliphatic carbocycles. The predicted octanol–water partition coefficient (Wildman–Crippen LogP) is 2.96. The van der Waals surface area contributed by atoms with Crippen LogP contribution in [0.25, 0.3) is 0 Å². The molecule has 1 saturated carbocycles. The summed E-state index contributed by atoms with van der Waals surface area (Å²) in [5, 5.41) is 6.77. The van der Waals surface area contributed by atoms with Crippen molar-refractivity contribution in [1.29, 1.82) is 0 Å². The van der Waals surface area contributed by atoms with E-state index in [0.29, 0.717) is 18.6 Å². The van der Waals surface area contributed by atoms with Crippen LogP contribution in [0.3, 0.4) is 0 Å². The Morgan fingerprint density at radius 1 is 1.29 bits per heavy atom. The third-order valence-corrected chi connectivity index (χ3v) is 4.96. The first kappa shape index (κ1) is 18.6. The van der Waals surface area contributed by atoms with Crippen LogP contribution in [0.1, 0.15) is 38.2 Å². The molecule has 0 atom stereocenters. The van der Waals surface area contributed by atoms with E-state index in [0.717, 1.165) is 30.4 Å². The molecular weight excluding hydrogens is 302 g/mol. The predicted molar refractivity (Wildman–Crippen MR) is 98.6 cm³/mol. The second-order valence-corrected chi connectivity index (χ2v) is 6.46. The molecule has 5 heteroatoms. The monoisotopic (exact) mass is 333 g/mol. The molecule has 5 nitrogen and oxygen atoms in total. The van der Waals surface area contributed by atoms with E-state index in [4.69, 9.17) is 9.47 Å².